The third kappa shape index (κ3) is 2.30. The SMILES string of the molecule is O=C(Cn1nnn(-c2cccs2)c1=O)c1ccccc1. The van der Waals surface area contributed by atoms with Crippen molar-refractivity contribution in [3.63, 3.8) is 0 Å². The molecule has 20 heavy (non-hydrogen) atoms. The van der Waals surface area contributed by atoms with Gasteiger partial charge in [-0.3, -0.25) is 4.79 Å². The normalized spacial score (nSPS) is 10.6. The van der Waals surface area contributed by atoms with Crippen molar-refractivity contribution >= 4 is 17.1 Å². The van der Waals surface area contributed by atoms with Gasteiger partial charge in [0.25, 0.3) is 0 Å². The van der Waals surface area contributed by atoms with E-state index in [1.54, 1.807) is 30.3 Å². The molecule has 2 heterocycles. The zero-order valence-electron chi connectivity index (χ0n) is 10.3. The minimum atomic E-state index is -0.420. The molecular formula is C13H10N4O2S. The van der Waals surface area contributed by atoms with Gasteiger partial charge in [0.1, 0.15) is 11.5 Å². The molecule has 0 unspecified atom stereocenters. The number of ketones is 1. The fourth-order valence-corrected chi connectivity index (χ4v) is 2.42. The molecular weight excluding hydrogens is 276 g/mol. The lowest BCUT2D eigenvalue weighted by molar-refractivity contribution is 0.0965. The second kappa shape index (κ2) is 5.22. The lowest BCUT2D eigenvalue weighted by Gasteiger charge is -1.98. The number of hydrogen-bond donors (Lipinski definition) is 0. The van der Waals surface area contributed by atoms with Crippen molar-refractivity contribution in [1.82, 2.24) is 19.8 Å². The van der Waals surface area contributed by atoms with Crippen LogP contribution >= 0.6 is 11.3 Å². The van der Waals surface area contributed by atoms with Crippen LogP contribution in [0.25, 0.3) is 5.00 Å². The van der Waals surface area contributed by atoms with Gasteiger partial charge < -0.3 is 0 Å². The number of thiophene rings is 1. The molecule has 0 saturated heterocycles. The Bertz CT molecular complexity index is 774. The van der Waals surface area contributed by atoms with Crippen molar-refractivity contribution in [3.8, 4) is 5.00 Å². The summed E-state index contributed by atoms with van der Waals surface area (Å²) in [5.74, 6) is -0.175. The number of hydrogen-bond acceptors (Lipinski definition) is 5. The molecule has 3 rings (SSSR count). The topological polar surface area (TPSA) is 69.8 Å². The summed E-state index contributed by atoms with van der Waals surface area (Å²) in [6, 6.07) is 12.4. The minimum absolute atomic E-state index is 0.117. The van der Waals surface area contributed by atoms with Gasteiger partial charge >= 0.3 is 5.69 Å². The zero-order chi connectivity index (χ0) is 13.9. The summed E-state index contributed by atoms with van der Waals surface area (Å²) >= 11 is 1.38. The second-order valence-electron chi connectivity index (χ2n) is 4.07. The van der Waals surface area contributed by atoms with Crippen LogP contribution < -0.4 is 5.69 Å². The molecule has 0 saturated carbocycles. The summed E-state index contributed by atoms with van der Waals surface area (Å²) in [5.41, 5.74) is 0.127. The highest BCUT2D eigenvalue weighted by molar-refractivity contribution is 7.12. The molecule has 6 nitrogen and oxygen atoms in total. The highest BCUT2D eigenvalue weighted by atomic mass is 32.1. The van der Waals surface area contributed by atoms with Crippen molar-refractivity contribution in [2.45, 2.75) is 6.54 Å². The first-order chi connectivity index (χ1) is 9.75. The Kier molecular flexibility index (Phi) is 3.26. The van der Waals surface area contributed by atoms with Crippen LogP contribution in [-0.2, 0) is 6.54 Å². The Balaban J connectivity index is 1.86. The van der Waals surface area contributed by atoms with Crippen LogP contribution in [-0.4, -0.2) is 25.6 Å². The molecule has 1 aromatic carbocycles. The summed E-state index contributed by atoms with van der Waals surface area (Å²) in [6.07, 6.45) is 0. The van der Waals surface area contributed by atoms with E-state index < -0.39 is 5.69 Å². The molecule has 100 valence electrons. The van der Waals surface area contributed by atoms with Crippen LogP contribution in [0.1, 0.15) is 10.4 Å². The fraction of sp³-hybridized carbons (Fsp3) is 0.0769. The summed E-state index contributed by atoms with van der Waals surface area (Å²) in [4.78, 5) is 24.1. The molecule has 0 aliphatic rings. The summed E-state index contributed by atoms with van der Waals surface area (Å²) in [5, 5.41) is 10.0. The van der Waals surface area contributed by atoms with E-state index in [0.29, 0.717) is 10.6 Å². The van der Waals surface area contributed by atoms with Crippen LogP contribution in [0.2, 0.25) is 0 Å². The molecule has 2 aromatic heterocycles. The minimum Gasteiger partial charge on any atom is -0.292 e. The third-order valence-corrected chi connectivity index (χ3v) is 3.59. The first-order valence-corrected chi connectivity index (χ1v) is 6.78. The Morgan fingerprint density at radius 3 is 2.60 bits per heavy atom. The standard InChI is InChI=1S/C13H10N4O2S/c18-11(10-5-2-1-3-6-10)9-16-13(19)17(15-14-16)12-7-4-8-20-12/h1-8H,9H2. The summed E-state index contributed by atoms with van der Waals surface area (Å²) < 4.78 is 2.25. The van der Waals surface area contributed by atoms with Gasteiger partial charge in [-0.25, -0.2) is 4.79 Å². The van der Waals surface area contributed by atoms with Crippen molar-refractivity contribution in [3.05, 3.63) is 63.9 Å². The monoisotopic (exact) mass is 286 g/mol. The smallest absolute Gasteiger partial charge is 0.292 e. The number of tetrazole rings is 1. The number of carbonyl (C=O) groups is 1. The molecule has 0 bridgehead atoms. The van der Waals surface area contributed by atoms with Crippen LogP contribution in [0.5, 0.6) is 0 Å². The number of benzene rings is 1. The number of aromatic nitrogens is 4. The lowest BCUT2D eigenvalue weighted by atomic mass is 10.1. The van der Waals surface area contributed by atoms with Crippen LogP contribution in [0, 0.1) is 0 Å². The molecule has 0 fully saturated rings. The molecule has 0 aliphatic heterocycles. The first-order valence-electron chi connectivity index (χ1n) is 5.90. The Morgan fingerprint density at radius 2 is 1.90 bits per heavy atom. The fourth-order valence-electron chi connectivity index (χ4n) is 1.75. The van der Waals surface area contributed by atoms with Crippen molar-refractivity contribution in [2.75, 3.05) is 0 Å². The number of carbonyl (C=O) groups excluding carboxylic acids is 1. The van der Waals surface area contributed by atoms with E-state index >= 15 is 0 Å². The predicted molar refractivity (Wildman–Crippen MR) is 74.3 cm³/mol. The maximum atomic E-state index is 12.1. The van der Waals surface area contributed by atoms with Gasteiger partial charge in [0.15, 0.2) is 5.78 Å². The average Bonchev–Trinajstić information content (AvgIpc) is 3.11. The highest BCUT2D eigenvalue weighted by Gasteiger charge is 2.13. The van der Waals surface area contributed by atoms with E-state index in [2.05, 4.69) is 10.4 Å². The van der Waals surface area contributed by atoms with Crippen LogP contribution in [0.3, 0.4) is 0 Å². The Hall–Kier alpha value is -2.54. The molecule has 0 N–H and O–H groups in total. The van der Waals surface area contributed by atoms with Crippen molar-refractivity contribution in [2.24, 2.45) is 0 Å². The quantitative estimate of drug-likeness (QED) is 0.679. The molecule has 0 amide bonds. The second-order valence-corrected chi connectivity index (χ2v) is 5.00. The number of Topliss-reactive ketones (excluding diaryl/α,β-unsaturated/α-hetero) is 1. The van der Waals surface area contributed by atoms with Crippen LogP contribution in [0.4, 0.5) is 0 Å². The van der Waals surface area contributed by atoms with E-state index in [1.807, 2.05) is 17.5 Å². The lowest BCUT2D eigenvalue weighted by Crippen LogP contribution is -2.26. The molecule has 0 spiro atoms. The molecule has 0 atom stereocenters. The van der Waals surface area contributed by atoms with Gasteiger partial charge in [0.2, 0.25) is 0 Å². The Morgan fingerprint density at radius 1 is 1.10 bits per heavy atom. The van der Waals surface area contributed by atoms with Crippen LogP contribution in [0.15, 0.2) is 52.6 Å². The van der Waals surface area contributed by atoms with Gasteiger partial charge in [0.05, 0.1) is 0 Å². The molecule has 0 aliphatic carbocycles. The van der Waals surface area contributed by atoms with E-state index in [0.717, 1.165) is 4.68 Å². The van der Waals surface area contributed by atoms with E-state index in [4.69, 9.17) is 0 Å². The van der Waals surface area contributed by atoms with Gasteiger partial charge in [-0.05, 0) is 27.9 Å². The first kappa shape index (κ1) is 12.5. The predicted octanol–water partition coefficient (Wildman–Crippen LogP) is 1.37. The highest BCUT2D eigenvalue weighted by Crippen LogP contribution is 2.10. The number of rotatable bonds is 4. The number of nitrogens with zero attached hydrogens (tertiary/aromatic N) is 4. The summed E-state index contributed by atoms with van der Waals surface area (Å²) in [7, 11) is 0. The summed E-state index contributed by atoms with van der Waals surface area (Å²) in [6.45, 7) is -0.117. The molecule has 0 radical (unpaired) electrons. The van der Waals surface area contributed by atoms with Crippen molar-refractivity contribution < 1.29 is 4.79 Å². The van der Waals surface area contributed by atoms with E-state index in [1.165, 1.54) is 16.0 Å². The molecule has 7 heteroatoms. The van der Waals surface area contributed by atoms with E-state index in [9.17, 15) is 9.59 Å². The zero-order valence-corrected chi connectivity index (χ0v) is 11.2. The maximum Gasteiger partial charge on any atom is 0.369 e. The van der Waals surface area contributed by atoms with Gasteiger partial charge in [-0.15, -0.1) is 11.3 Å². The average molecular weight is 286 g/mol. The maximum absolute atomic E-state index is 12.1. The Labute approximate surface area is 117 Å². The largest absolute Gasteiger partial charge is 0.369 e. The van der Waals surface area contributed by atoms with Gasteiger partial charge in [-0.2, -0.15) is 9.36 Å². The van der Waals surface area contributed by atoms with Gasteiger partial charge in [0, 0.05) is 5.56 Å². The third-order valence-electron chi connectivity index (χ3n) is 2.74. The van der Waals surface area contributed by atoms with E-state index in [-0.39, 0.29) is 12.3 Å². The van der Waals surface area contributed by atoms with Crippen molar-refractivity contribution in [1.29, 1.82) is 0 Å². The van der Waals surface area contributed by atoms with Gasteiger partial charge in [-0.1, -0.05) is 30.3 Å². The molecule has 3 aromatic rings.